The van der Waals surface area contributed by atoms with Gasteiger partial charge in [0.1, 0.15) is 0 Å². The second-order valence-electron chi connectivity index (χ2n) is 7.11. The van der Waals surface area contributed by atoms with Gasteiger partial charge in [0.25, 0.3) is 0 Å². The normalized spacial score (nSPS) is 24.3. The van der Waals surface area contributed by atoms with E-state index in [1.807, 2.05) is 6.92 Å². The average molecular weight is 302 g/mol. The van der Waals surface area contributed by atoms with E-state index in [-0.39, 0.29) is 11.4 Å². The zero-order chi connectivity index (χ0) is 16.5. The lowest BCUT2D eigenvalue weighted by Crippen LogP contribution is -2.48. The summed E-state index contributed by atoms with van der Waals surface area (Å²) in [6, 6.07) is 0. The number of amides is 1. The number of nitrogens with zero attached hydrogens (tertiary/aromatic N) is 1. The summed E-state index contributed by atoms with van der Waals surface area (Å²) in [6.45, 7) is 14.2. The molecule has 3 heteroatoms. The van der Waals surface area contributed by atoms with Crippen molar-refractivity contribution < 1.29 is 4.79 Å². The molecule has 1 heterocycles. The average Bonchev–Trinajstić information content (AvgIpc) is 2.59. The Morgan fingerprint density at radius 2 is 2.09 bits per heavy atom. The lowest BCUT2D eigenvalue weighted by molar-refractivity contribution is -0.120. The highest BCUT2D eigenvalue weighted by atomic mass is 16.1. The molecule has 1 aliphatic heterocycles. The van der Waals surface area contributed by atoms with Crippen molar-refractivity contribution in [2.24, 2.45) is 5.92 Å². The molecule has 1 aliphatic carbocycles. The van der Waals surface area contributed by atoms with Crippen LogP contribution in [0.5, 0.6) is 0 Å². The molecule has 0 fully saturated rings. The minimum absolute atomic E-state index is 0.0830. The Labute approximate surface area is 135 Å². The minimum atomic E-state index is 0.0830. The molecule has 2 rings (SSSR count). The fraction of sp³-hybridized carbons (Fsp3) is 0.632. The second-order valence-corrected chi connectivity index (χ2v) is 7.11. The van der Waals surface area contributed by atoms with Gasteiger partial charge in [-0.3, -0.25) is 4.79 Å². The van der Waals surface area contributed by atoms with Crippen LogP contribution in [0.25, 0.3) is 0 Å². The van der Waals surface area contributed by atoms with E-state index in [2.05, 4.69) is 57.0 Å². The molecule has 22 heavy (non-hydrogen) atoms. The van der Waals surface area contributed by atoms with E-state index >= 15 is 0 Å². The van der Waals surface area contributed by atoms with Crippen LogP contribution < -0.4 is 5.32 Å². The molecule has 1 atom stereocenters. The standard InChI is InChI=1S/C19H30N2O/c1-7-18(22)20-16-9-10-17-15(11-13(16)3)14(4)12-19(5,6)21(17)8-2/h9,11,14H,7-8,10,12H2,1-6H3,(H,20,22). The van der Waals surface area contributed by atoms with Crippen molar-refractivity contribution in [3.63, 3.8) is 0 Å². The Balaban J connectivity index is 2.39. The smallest absolute Gasteiger partial charge is 0.224 e. The number of allylic oxidation sites excluding steroid dienone is 4. The van der Waals surface area contributed by atoms with Gasteiger partial charge in [0.15, 0.2) is 0 Å². The summed E-state index contributed by atoms with van der Waals surface area (Å²) in [5, 5.41) is 3.05. The van der Waals surface area contributed by atoms with Crippen LogP contribution in [0.2, 0.25) is 0 Å². The van der Waals surface area contributed by atoms with Gasteiger partial charge in [-0.25, -0.2) is 0 Å². The Kier molecular flexibility index (Phi) is 4.84. The maximum absolute atomic E-state index is 11.7. The first-order valence-electron chi connectivity index (χ1n) is 8.49. The number of hydrogen-bond acceptors (Lipinski definition) is 2. The molecule has 0 bridgehead atoms. The molecule has 0 saturated heterocycles. The first-order valence-corrected chi connectivity index (χ1v) is 8.49. The maximum Gasteiger partial charge on any atom is 0.224 e. The van der Waals surface area contributed by atoms with Crippen LogP contribution in [0.15, 0.2) is 34.7 Å². The Bertz CT molecular complexity index is 552. The van der Waals surface area contributed by atoms with Gasteiger partial charge in [0.2, 0.25) is 5.91 Å². The summed E-state index contributed by atoms with van der Waals surface area (Å²) in [7, 11) is 0. The zero-order valence-corrected chi connectivity index (χ0v) is 14.9. The van der Waals surface area contributed by atoms with Crippen LogP contribution in [0.4, 0.5) is 0 Å². The van der Waals surface area contributed by atoms with Crippen LogP contribution in [-0.2, 0) is 4.79 Å². The molecular weight excluding hydrogens is 272 g/mol. The fourth-order valence-electron chi connectivity index (χ4n) is 3.91. The summed E-state index contributed by atoms with van der Waals surface area (Å²) in [5.41, 5.74) is 5.19. The maximum atomic E-state index is 11.7. The van der Waals surface area contributed by atoms with Crippen LogP contribution in [0, 0.1) is 5.92 Å². The third-order valence-corrected chi connectivity index (χ3v) is 4.93. The van der Waals surface area contributed by atoms with Gasteiger partial charge in [-0.1, -0.05) is 26.0 Å². The molecule has 1 unspecified atom stereocenters. The molecular formula is C19H30N2O. The highest BCUT2D eigenvalue weighted by molar-refractivity contribution is 5.78. The van der Waals surface area contributed by atoms with Crippen molar-refractivity contribution in [1.82, 2.24) is 10.2 Å². The lowest BCUT2D eigenvalue weighted by atomic mass is 9.79. The number of carbonyl (C=O) groups is 1. The van der Waals surface area contributed by atoms with Gasteiger partial charge < -0.3 is 10.2 Å². The summed E-state index contributed by atoms with van der Waals surface area (Å²) in [6.07, 6.45) is 7.04. The van der Waals surface area contributed by atoms with Gasteiger partial charge in [-0.05, 0) is 51.2 Å². The molecule has 1 N–H and O–H groups in total. The van der Waals surface area contributed by atoms with Gasteiger partial charge in [0.05, 0.1) is 0 Å². The zero-order valence-electron chi connectivity index (χ0n) is 14.9. The van der Waals surface area contributed by atoms with Crippen LogP contribution in [-0.4, -0.2) is 22.9 Å². The van der Waals surface area contributed by atoms with Crippen molar-refractivity contribution in [3.05, 3.63) is 34.7 Å². The first-order chi connectivity index (χ1) is 10.3. The van der Waals surface area contributed by atoms with Gasteiger partial charge in [0, 0.05) is 36.3 Å². The highest BCUT2D eigenvalue weighted by Gasteiger charge is 2.36. The molecule has 0 saturated carbocycles. The van der Waals surface area contributed by atoms with E-state index in [1.54, 1.807) is 0 Å². The van der Waals surface area contributed by atoms with Crippen molar-refractivity contribution in [3.8, 4) is 0 Å². The van der Waals surface area contributed by atoms with Crippen molar-refractivity contribution in [2.45, 2.75) is 66.3 Å². The minimum Gasteiger partial charge on any atom is -0.369 e. The Hall–Kier alpha value is -1.51. The van der Waals surface area contributed by atoms with E-state index in [0.29, 0.717) is 12.3 Å². The van der Waals surface area contributed by atoms with Crippen molar-refractivity contribution in [1.29, 1.82) is 0 Å². The molecule has 0 aromatic carbocycles. The van der Waals surface area contributed by atoms with Gasteiger partial charge in [-0.15, -0.1) is 0 Å². The van der Waals surface area contributed by atoms with E-state index in [0.717, 1.165) is 24.2 Å². The van der Waals surface area contributed by atoms with E-state index < -0.39 is 0 Å². The summed E-state index contributed by atoms with van der Waals surface area (Å²) >= 11 is 0. The predicted molar refractivity (Wildman–Crippen MR) is 92.2 cm³/mol. The summed E-state index contributed by atoms with van der Waals surface area (Å²) in [4.78, 5) is 14.3. The third-order valence-electron chi connectivity index (χ3n) is 4.93. The number of rotatable bonds is 3. The molecule has 0 radical (unpaired) electrons. The third kappa shape index (κ3) is 3.13. The fourth-order valence-corrected chi connectivity index (χ4v) is 3.91. The topological polar surface area (TPSA) is 32.3 Å². The van der Waals surface area contributed by atoms with Gasteiger partial charge in [-0.2, -0.15) is 0 Å². The summed E-state index contributed by atoms with van der Waals surface area (Å²) < 4.78 is 0. The van der Waals surface area contributed by atoms with Crippen molar-refractivity contribution in [2.75, 3.05) is 6.54 Å². The second kappa shape index (κ2) is 6.31. The van der Waals surface area contributed by atoms with Crippen molar-refractivity contribution >= 4 is 5.91 Å². The number of nitrogens with one attached hydrogen (secondary N) is 1. The molecule has 3 nitrogen and oxygen atoms in total. The molecule has 122 valence electrons. The first kappa shape index (κ1) is 16.9. The quantitative estimate of drug-likeness (QED) is 0.849. The van der Waals surface area contributed by atoms with Gasteiger partial charge >= 0.3 is 0 Å². The van der Waals surface area contributed by atoms with E-state index in [4.69, 9.17) is 0 Å². The molecule has 1 amide bonds. The van der Waals surface area contributed by atoms with Crippen LogP contribution >= 0.6 is 0 Å². The number of carbonyl (C=O) groups excluding carboxylic acids is 1. The SMILES string of the molecule is CCC(=O)NC1=CCC2=C(C=C1C)C(C)CC(C)(C)N2CC. The van der Waals surface area contributed by atoms with Crippen LogP contribution in [0.1, 0.15) is 60.8 Å². The highest BCUT2D eigenvalue weighted by Crippen LogP contribution is 2.41. The van der Waals surface area contributed by atoms with E-state index in [1.165, 1.54) is 17.7 Å². The molecule has 0 aromatic heterocycles. The number of hydrogen-bond donors (Lipinski definition) is 1. The van der Waals surface area contributed by atoms with E-state index in [9.17, 15) is 4.79 Å². The predicted octanol–water partition coefficient (Wildman–Crippen LogP) is 4.14. The molecule has 0 spiro atoms. The Morgan fingerprint density at radius 1 is 1.41 bits per heavy atom. The summed E-state index contributed by atoms with van der Waals surface area (Å²) in [5.74, 6) is 0.636. The molecule has 0 aromatic rings. The Morgan fingerprint density at radius 3 is 2.68 bits per heavy atom. The monoisotopic (exact) mass is 302 g/mol. The lowest BCUT2D eigenvalue weighted by Gasteiger charge is -2.48. The molecule has 2 aliphatic rings. The largest absolute Gasteiger partial charge is 0.369 e. The van der Waals surface area contributed by atoms with Crippen LogP contribution in [0.3, 0.4) is 0 Å².